The molecule has 0 aliphatic rings. The first-order valence-corrected chi connectivity index (χ1v) is 11.6. The number of ketones is 1. The molecule has 0 unspecified atom stereocenters. The fourth-order valence-corrected chi connectivity index (χ4v) is 4.39. The molecular weight excluding hydrogens is 527 g/mol. The number of rotatable bonds is 8. The fourth-order valence-electron chi connectivity index (χ4n) is 4.27. The second-order valence-corrected chi connectivity index (χ2v) is 9.02. The Morgan fingerprint density at radius 2 is 1.71 bits per heavy atom. The van der Waals surface area contributed by atoms with Crippen molar-refractivity contribution in [3.8, 4) is 5.75 Å². The molecule has 11 heteroatoms. The minimum atomic E-state index is -4.92. The Morgan fingerprint density at radius 3 is 2.34 bits per heavy atom. The molecule has 3 N–H and O–H groups in total. The predicted molar refractivity (Wildman–Crippen MR) is 132 cm³/mol. The fraction of sp³-hybridized carbons (Fsp3) is 0.185. The molecule has 0 saturated heterocycles. The van der Waals surface area contributed by atoms with Gasteiger partial charge in [-0.3, -0.25) is 4.79 Å². The van der Waals surface area contributed by atoms with Gasteiger partial charge < -0.3 is 24.6 Å². The molecule has 0 aliphatic heterocycles. The van der Waals surface area contributed by atoms with Crippen LogP contribution in [0.4, 0.5) is 13.2 Å². The molecule has 1 aromatic heterocycles. The van der Waals surface area contributed by atoms with Gasteiger partial charge in [-0.2, -0.15) is 0 Å². The molecular formula is C27H21ClF3NO6. The van der Waals surface area contributed by atoms with Crippen molar-refractivity contribution in [1.82, 2.24) is 4.57 Å². The Labute approximate surface area is 219 Å². The Hall–Kier alpha value is -3.86. The van der Waals surface area contributed by atoms with Gasteiger partial charge in [-0.15, -0.1) is 13.2 Å². The lowest BCUT2D eigenvalue weighted by Gasteiger charge is -2.16. The highest BCUT2D eigenvalue weighted by atomic mass is 35.5. The lowest BCUT2D eigenvalue weighted by atomic mass is 10.0. The monoisotopic (exact) mass is 547 g/mol. The zero-order valence-corrected chi connectivity index (χ0v) is 20.5. The number of ether oxygens (including phenoxy) is 1. The van der Waals surface area contributed by atoms with E-state index in [1.54, 1.807) is 47.9 Å². The van der Waals surface area contributed by atoms with Gasteiger partial charge in [-0.1, -0.05) is 35.9 Å². The van der Waals surface area contributed by atoms with E-state index >= 15 is 0 Å². The maximum absolute atomic E-state index is 13.5. The van der Waals surface area contributed by atoms with Gasteiger partial charge in [-0.25, -0.2) is 4.79 Å². The van der Waals surface area contributed by atoms with Crippen LogP contribution in [0, 0.1) is 6.92 Å². The number of aliphatic hydroxyl groups is 2. The lowest BCUT2D eigenvalue weighted by molar-refractivity contribution is -0.274. The first kappa shape index (κ1) is 27.2. The largest absolute Gasteiger partial charge is 0.573 e. The molecule has 2 atom stereocenters. The minimum absolute atomic E-state index is 0.0510. The number of halogens is 4. The van der Waals surface area contributed by atoms with Gasteiger partial charge in [0.15, 0.2) is 11.9 Å². The van der Waals surface area contributed by atoms with E-state index < -0.39 is 30.3 Å². The summed E-state index contributed by atoms with van der Waals surface area (Å²) >= 11 is 5.94. The number of alkyl halides is 3. The van der Waals surface area contributed by atoms with Gasteiger partial charge in [0, 0.05) is 34.3 Å². The van der Waals surface area contributed by atoms with E-state index in [0.29, 0.717) is 27.2 Å². The minimum Gasteiger partial charge on any atom is -0.479 e. The number of carbonyl (C=O) groups is 2. The van der Waals surface area contributed by atoms with E-state index in [-0.39, 0.29) is 29.0 Å². The van der Waals surface area contributed by atoms with Crippen molar-refractivity contribution in [2.75, 3.05) is 0 Å². The molecule has 0 fully saturated rings. The van der Waals surface area contributed by atoms with Crippen LogP contribution < -0.4 is 4.74 Å². The van der Waals surface area contributed by atoms with Crippen LogP contribution >= 0.6 is 11.6 Å². The van der Waals surface area contributed by atoms with Crippen molar-refractivity contribution < 1.29 is 42.8 Å². The van der Waals surface area contributed by atoms with Gasteiger partial charge in [0.25, 0.3) is 0 Å². The molecule has 4 aromatic rings. The second-order valence-electron chi connectivity index (χ2n) is 8.58. The smallest absolute Gasteiger partial charge is 0.479 e. The Morgan fingerprint density at radius 1 is 1.03 bits per heavy atom. The Kier molecular flexibility index (Phi) is 7.50. The molecule has 1 heterocycles. The van der Waals surface area contributed by atoms with Gasteiger partial charge in [0.1, 0.15) is 11.9 Å². The van der Waals surface area contributed by atoms with Gasteiger partial charge in [-0.05, 0) is 54.4 Å². The average Bonchev–Trinajstić information content (AvgIpc) is 3.12. The number of carboxylic acid groups (broad SMARTS) is 1. The van der Waals surface area contributed by atoms with Crippen molar-refractivity contribution in [2.24, 2.45) is 0 Å². The zero-order valence-electron chi connectivity index (χ0n) is 19.7. The lowest BCUT2D eigenvalue weighted by Crippen LogP contribution is -2.27. The summed E-state index contributed by atoms with van der Waals surface area (Å²) in [5.41, 5.74) is 2.02. The van der Waals surface area contributed by atoms with Crippen molar-refractivity contribution in [3.05, 3.63) is 99.7 Å². The summed E-state index contributed by atoms with van der Waals surface area (Å²) in [6.45, 7) is 1.70. The molecule has 0 amide bonds. The van der Waals surface area contributed by atoms with Crippen molar-refractivity contribution in [3.63, 3.8) is 0 Å². The molecule has 0 radical (unpaired) electrons. The number of fused-ring (bicyclic) bond motifs is 1. The number of benzene rings is 3. The number of aliphatic hydroxyl groups excluding tert-OH is 2. The maximum Gasteiger partial charge on any atom is 0.573 e. The molecule has 0 bridgehead atoms. The Balaban J connectivity index is 1.83. The van der Waals surface area contributed by atoms with Crippen LogP contribution in [0.5, 0.6) is 5.75 Å². The molecule has 38 heavy (non-hydrogen) atoms. The highest BCUT2D eigenvalue weighted by Crippen LogP contribution is 2.34. The molecule has 0 spiro atoms. The van der Waals surface area contributed by atoms with Crippen LogP contribution in [0.25, 0.3) is 10.9 Å². The first-order valence-electron chi connectivity index (χ1n) is 11.2. The zero-order chi connectivity index (χ0) is 27.8. The number of nitrogens with zero attached hydrogens (tertiary/aromatic N) is 1. The van der Waals surface area contributed by atoms with Crippen LogP contribution in [0.1, 0.15) is 38.8 Å². The van der Waals surface area contributed by atoms with E-state index in [1.807, 2.05) is 0 Å². The van der Waals surface area contributed by atoms with Gasteiger partial charge >= 0.3 is 12.3 Å². The van der Waals surface area contributed by atoms with Crippen LogP contribution in [0.3, 0.4) is 0 Å². The van der Waals surface area contributed by atoms with Crippen molar-refractivity contribution >= 4 is 34.3 Å². The average molecular weight is 548 g/mol. The molecule has 198 valence electrons. The van der Waals surface area contributed by atoms with Crippen LogP contribution in [0.15, 0.2) is 66.7 Å². The van der Waals surface area contributed by atoms with E-state index in [0.717, 1.165) is 6.07 Å². The topological polar surface area (TPSA) is 109 Å². The molecule has 7 nitrogen and oxygen atoms in total. The standard InChI is InChI=1S/C27H21ClF3NO6/c1-14-22(23(33)16-5-7-18(28)8-6-16)20-10-9-19(38-27(29,30)31)12-21(20)32(14)13-15-3-2-4-17(11-15)24(34)25(35)26(36)37/h2-12,24-25,34-35H,13H2,1H3,(H,36,37)/t24-,25+/m1/s1. The van der Waals surface area contributed by atoms with Crippen LogP contribution in [-0.4, -0.2) is 44.1 Å². The van der Waals surface area contributed by atoms with Crippen LogP contribution in [-0.2, 0) is 11.3 Å². The number of carboxylic acids is 1. The van der Waals surface area contributed by atoms with Crippen molar-refractivity contribution in [1.29, 1.82) is 0 Å². The number of carbonyl (C=O) groups excluding carboxylic acids is 1. The quantitative estimate of drug-likeness (QED) is 0.260. The van der Waals surface area contributed by atoms with E-state index in [1.165, 1.54) is 24.3 Å². The number of hydrogen-bond donors (Lipinski definition) is 3. The highest BCUT2D eigenvalue weighted by molar-refractivity contribution is 6.30. The summed E-state index contributed by atoms with van der Waals surface area (Å²) in [7, 11) is 0. The summed E-state index contributed by atoms with van der Waals surface area (Å²) < 4.78 is 44.5. The third kappa shape index (κ3) is 5.67. The Bertz CT molecular complexity index is 1510. The first-order chi connectivity index (χ1) is 17.9. The van der Waals surface area contributed by atoms with E-state index in [2.05, 4.69) is 4.74 Å². The molecule has 3 aromatic carbocycles. The number of aromatic nitrogens is 1. The predicted octanol–water partition coefficient (Wildman–Crippen LogP) is 5.26. The van der Waals surface area contributed by atoms with E-state index in [9.17, 15) is 33.0 Å². The van der Waals surface area contributed by atoms with Crippen LogP contribution in [0.2, 0.25) is 5.02 Å². The maximum atomic E-state index is 13.5. The second kappa shape index (κ2) is 10.5. The third-order valence-corrected chi connectivity index (χ3v) is 6.30. The molecule has 4 rings (SSSR count). The summed E-state index contributed by atoms with van der Waals surface area (Å²) in [6.07, 6.45) is -8.67. The van der Waals surface area contributed by atoms with Gasteiger partial charge in [0.2, 0.25) is 0 Å². The summed E-state index contributed by atoms with van der Waals surface area (Å²) in [6, 6.07) is 16.0. The van der Waals surface area contributed by atoms with E-state index in [4.69, 9.17) is 16.7 Å². The normalized spacial score (nSPS) is 13.3. The highest BCUT2D eigenvalue weighted by Gasteiger charge is 2.32. The SMILES string of the molecule is Cc1c(C(=O)c2ccc(Cl)cc2)c2ccc(OC(F)(F)F)cc2n1Cc1cccc([C@@H](O)[C@H](O)C(=O)O)c1. The number of aliphatic carboxylic acids is 1. The summed E-state index contributed by atoms with van der Waals surface area (Å²) in [4.78, 5) is 24.5. The van der Waals surface area contributed by atoms with Gasteiger partial charge in [0.05, 0.1) is 11.1 Å². The molecule has 0 saturated carbocycles. The summed E-state index contributed by atoms with van der Waals surface area (Å²) in [5, 5.41) is 29.8. The third-order valence-electron chi connectivity index (χ3n) is 6.05. The molecule has 0 aliphatic carbocycles. The number of hydrogen-bond acceptors (Lipinski definition) is 5. The van der Waals surface area contributed by atoms with Crippen molar-refractivity contribution in [2.45, 2.75) is 32.0 Å². The summed E-state index contributed by atoms with van der Waals surface area (Å²) in [5.74, 6) is -2.43.